The maximum Gasteiger partial charge on any atom is 0.234 e. The fraction of sp³-hybridized carbons (Fsp3) is 0.318. The molecular weight excluding hydrogens is 500 g/mol. The molecule has 6 nitrogen and oxygen atoms in total. The van der Waals surface area contributed by atoms with Crippen LogP contribution in [0.5, 0.6) is 5.75 Å². The maximum absolute atomic E-state index is 12.4. The number of aromatic nitrogens is 3. The van der Waals surface area contributed by atoms with Crippen molar-refractivity contribution in [2.24, 2.45) is 0 Å². The van der Waals surface area contributed by atoms with Gasteiger partial charge in [-0.25, -0.2) is 0 Å². The minimum atomic E-state index is -0.279. The number of aryl methyl sites for hydroxylation is 2. The van der Waals surface area contributed by atoms with E-state index in [1.165, 1.54) is 11.8 Å². The summed E-state index contributed by atoms with van der Waals surface area (Å²) in [5.74, 6) is 1.55. The van der Waals surface area contributed by atoms with Crippen molar-refractivity contribution < 1.29 is 9.53 Å². The predicted molar refractivity (Wildman–Crippen MR) is 129 cm³/mol. The second-order valence-corrected chi connectivity index (χ2v) is 9.39. The molecule has 0 spiro atoms. The van der Waals surface area contributed by atoms with Crippen LogP contribution >= 0.6 is 39.3 Å². The number of rotatable bonds is 8. The number of nitrogens with zero attached hydrogens (tertiary/aromatic N) is 3. The Morgan fingerprint density at radius 2 is 1.94 bits per heavy atom. The second kappa shape index (κ2) is 10.5. The first-order valence-corrected chi connectivity index (χ1v) is 12.0. The zero-order valence-corrected chi connectivity index (χ0v) is 20.9. The lowest BCUT2D eigenvalue weighted by Gasteiger charge is -2.16. The van der Waals surface area contributed by atoms with Crippen LogP contribution in [0.2, 0.25) is 5.02 Å². The van der Waals surface area contributed by atoms with E-state index in [2.05, 4.69) is 37.5 Å². The van der Waals surface area contributed by atoms with Crippen molar-refractivity contribution in [1.82, 2.24) is 14.8 Å². The Labute approximate surface area is 199 Å². The van der Waals surface area contributed by atoms with E-state index in [9.17, 15) is 4.79 Å². The average molecular weight is 524 g/mol. The Balaban J connectivity index is 1.65. The van der Waals surface area contributed by atoms with Crippen LogP contribution in [-0.4, -0.2) is 26.4 Å². The van der Waals surface area contributed by atoms with Crippen molar-refractivity contribution in [2.45, 2.75) is 45.5 Å². The minimum Gasteiger partial charge on any atom is -0.483 e. The molecule has 0 saturated heterocycles. The molecule has 1 aromatic heterocycles. The summed E-state index contributed by atoms with van der Waals surface area (Å²) in [5, 5.41) is 12.6. The summed E-state index contributed by atoms with van der Waals surface area (Å²) in [4.78, 5) is 12.4. The first-order chi connectivity index (χ1) is 14.8. The normalized spacial score (nSPS) is 11.9. The highest BCUT2D eigenvalue weighted by atomic mass is 79.9. The van der Waals surface area contributed by atoms with E-state index < -0.39 is 0 Å². The van der Waals surface area contributed by atoms with Gasteiger partial charge in [0.1, 0.15) is 5.75 Å². The third-order valence-corrected chi connectivity index (χ3v) is 6.24. The van der Waals surface area contributed by atoms with Gasteiger partial charge < -0.3 is 14.6 Å². The number of anilines is 1. The van der Waals surface area contributed by atoms with Gasteiger partial charge in [0, 0.05) is 11.0 Å². The number of carbonyl (C=O) groups is 1. The molecule has 0 fully saturated rings. The molecular formula is C22H24BrClN4O2S. The highest BCUT2D eigenvalue weighted by Crippen LogP contribution is 2.28. The monoisotopic (exact) mass is 522 g/mol. The van der Waals surface area contributed by atoms with Gasteiger partial charge in [-0.05, 0) is 69.2 Å². The summed E-state index contributed by atoms with van der Waals surface area (Å²) in [6.45, 7) is 8.72. The lowest BCUT2D eigenvalue weighted by molar-refractivity contribution is -0.113. The number of benzene rings is 2. The number of ether oxygens (including phenoxy) is 1. The van der Waals surface area contributed by atoms with Crippen molar-refractivity contribution in [3.63, 3.8) is 0 Å². The Bertz CT molecular complexity index is 1070. The summed E-state index contributed by atoms with van der Waals surface area (Å²) < 4.78 is 8.94. The number of hydrogen-bond acceptors (Lipinski definition) is 5. The van der Waals surface area contributed by atoms with Crippen molar-refractivity contribution in [3.8, 4) is 5.75 Å². The van der Waals surface area contributed by atoms with Crippen LogP contribution in [0.4, 0.5) is 5.69 Å². The Kier molecular flexibility index (Phi) is 8.02. The fourth-order valence-corrected chi connectivity index (χ4v) is 4.70. The standard InChI is InChI=1S/C22H24BrClN4O2S/c1-5-28-21(15(4)30-17-9-13(2)8-14(3)10-17)26-27-22(28)31-12-20(29)25-19-7-6-16(23)11-18(19)24/h6-11,15H,5,12H2,1-4H3,(H,25,29). The smallest absolute Gasteiger partial charge is 0.234 e. The molecule has 1 heterocycles. The van der Waals surface area contributed by atoms with E-state index >= 15 is 0 Å². The summed E-state index contributed by atoms with van der Waals surface area (Å²) >= 11 is 10.8. The van der Waals surface area contributed by atoms with Gasteiger partial charge in [0.05, 0.1) is 16.5 Å². The van der Waals surface area contributed by atoms with Crippen LogP contribution < -0.4 is 10.1 Å². The molecule has 0 aliphatic carbocycles. The molecule has 3 aromatic rings. The lowest BCUT2D eigenvalue weighted by atomic mass is 10.1. The topological polar surface area (TPSA) is 69.0 Å². The van der Waals surface area contributed by atoms with Crippen molar-refractivity contribution >= 4 is 50.9 Å². The molecule has 0 bridgehead atoms. The van der Waals surface area contributed by atoms with Crippen LogP contribution in [-0.2, 0) is 11.3 Å². The molecule has 0 saturated carbocycles. The van der Waals surface area contributed by atoms with Gasteiger partial charge in [0.25, 0.3) is 0 Å². The molecule has 3 rings (SSSR count). The van der Waals surface area contributed by atoms with Crippen LogP contribution in [0.3, 0.4) is 0 Å². The van der Waals surface area contributed by atoms with Crippen molar-refractivity contribution in [3.05, 3.63) is 62.8 Å². The molecule has 0 radical (unpaired) electrons. The largest absolute Gasteiger partial charge is 0.483 e. The molecule has 0 aliphatic rings. The van der Waals surface area contributed by atoms with Crippen LogP contribution in [0.25, 0.3) is 0 Å². The number of nitrogens with one attached hydrogen (secondary N) is 1. The molecule has 164 valence electrons. The number of amides is 1. The lowest BCUT2D eigenvalue weighted by Crippen LogP contribution is -2.15. The van der Waals surface area contributed by atoms with Gasteiger partial charge in [-0.2, -0.15) is 0 Å². The average Bonchev–Trinajstić information content (AvgIpc) is 3.11. The number of halogens is 2. The van der Waals surface area contributed by atoms with Crippen molar-refractivity contribution in [2.75, 3.05) is 11.1 Å². The number of carbonyl (C=O) groups excluding carboxylic acids is 1. The highest BCUT2D eigenvalue weighted by Gasteiger charge is 2.20. The van der Waals surface area contributed by atoms with Gasteiger partial charge in [-0.3, -0.25) is 4.79 Å². The summed E-state index contributed by atoms with van der Waals surface area (Å²) in [6.07, 6.45) is -0.279. The van der Waals surface area contributed by atoms with E-state index in [-0.39, 0.29) is 17.8 Å². The molecule has 0 aliphatic heterocycles. The zero-order chi connectivity index (χ0) is 22.5. The van der Waals surface area contributed by atoms with Gasteiger partial charge in [0.15, 0.2) is 17.1 Å². The third kappa shape index (κ3) is 6.24. The van der Waals surface area contributed by atoms with Gasteiger partial charge >= 0.3 is 0 Å². The second-order valence-electron chi connectivity index (χ2n) is 7.13. The maximum atomic E-state index is 12.4. The molecule has 9 heteroatoms. The van der Waals surface area contributed by atoms with Gasteiger partial charge in [-0.15, -0.1) is 10.2 Å². The number of thioether (sulfide) groups is 1. The minimum absolute atomic E-state index is 0.166. The summed E-state index contributed by atoms with van der Waals surface area (Å²) in [7, 11) is 0. The predicted octanol–water partition coefficient (Wildman–Crippen LogP) is 6.20. The molecule has 1 N–H and O–H groups in total. The van der Waals surface area contributed by atoms with Crippen molar-refractivity contribution in [1.29, 1.82) is 0 Å². The SMILES string of the molecule is CCn1c(SCC(=O)Nc2ccc(Br)cc2Cl)nnc1C(C)Oc1cc(C)cc(C)c1. The number of hydrogen-bond donors (Lipinski definition) is 1. The molecule has 2 aromatic carbocycles. The Morgan fingerprint density at radius 3 is 2.58 bits per heavy atom. The van der Waals surface area contributed by atoms with Crippen LogP contribution in [0, 0.1) is 13.8 Å². The molecule has 1 unspecified atom stereocenters. The third-order valence-electron chi connectivity index (χ3n) is 4.47. The van der Waals surface area contributed by atoms with E-state index in [1.807, 2.05) is 50.5 Å². The molecule has 1 amide bonds. The fourth-order valence-electron chi connectivity index (χ4n) is 3.17. The first kappa shape index (κ1) is 23.6. The summed E-state index contributed by atoms with van der Waals surface area (Å²) in [6, 6.07) is 11.4. The van der Waals surface area contributed by atoms with E-state index in [0.29, 0.717) is 22.4 Å². The zero-order valence-electron chi connectivity index (χ0n) is 17.8. The first-order valence-electron chi connectivity index (χ1n) is 9.82. The summed E-state index contributed by atoms with van der Waals surface area (Å²) in [5.41, 5.74) is 2.86. The molecule has 1 atom stereocenters. The Morgan fingerprint density at radius 1 is 1.23 bits per heavy atom. The molecule has 31 heavy (non-hydrogen) atoms. The van der Waals surface area contributed by atoms with E-state index in [4.69, 9.17) is 16.3 Å². The van der Waals surface area contributed by atoms with Crippen LogP contribution in [0.1, 0.15) is 36.9 Å². The van der Waals surface area contributed by atoms with Gasteiger partial charge in [0.2, 0.25) is 5.91 Å². The van der Waals surface area contributed by atoms with Gasteiger partial charge in [-0.1, -0.05) is 45.4 Å². The van der Waals surface area contributed by atoms with Crippen LogP contribution in [0.15, 0.2) is 46.0 Å². The van der Waals surface area contributed by atoms with E-state index in [1.54, 1.807) is 12.1 Å². The Hall–Kier alpha value is -2.03. The quantitative estimate of drug-likeness (QED) is 0.356. The van der Waals surface area contributed by atoms with E-state index in [0.717, 1.165) is 27.2 Å². The highest BCUT2D eigenvalue weighted by molar-refractivity contribution is 9.10.